The van der Waals surface area contributed by atoms with Crippen LogP contribution in [-0.2, 0) is 26.1 Å². The number of nitrogens with one attached hydrogen (secondary N) is 1. The molecule has 1 aliphatic heterocycles. The summed E-state index contributed by atoms with van der Waals surface area (Å²) >= 11 is 5.95. The number of hydrogen-bond acceptors (Lipinski definition) is 7. The van der Waals surface area contributed by atoms with Gasteiger partial charge in [0.1, 0.15) is 22.3 Å². The zero-order chi connectivity index (χ0) is 25.6. The van der Waals surface area contributed by atoms with Crippen molar-refractivity contribution in [2.75, 3.05) is 26.2 Å². The molecule has 0 aliphatic carbocycles. The number of piperazine rings is 1. The Balaban J connectivity index is 1.72. The van der Waals surface area contributed by atoms with E-state index >= 15 is 0 Å². The Kier molecular flexibility index (Phi) is 8.57. The molecule has 1 aromatic carbocycles. The predicted molar refractivity (Wildman–Crippen MR) is 129 cm³/mol. The zero-order valence-electron chi connectivity index (χ0n) is 19.8. The van der Waals surface area contributed by atoms with E-state index in [1.807, 2.05) is 30.3 Å². The Morgan fingerprint density at radius 3 is 2.49 bits per heavy atom. The molecule has 1 aliphatic rings. The number of amides is 2. The number of ether oxygens (including phenoxy) is 2. The van der Waals surface area contributed by atoms with Crippen LogP contribution in [0.15, 0.2) is 53.6 Å². The Hall–Kier alpha value is -2.89. The lowest BCUT2D eigenvalue weighted by Gasteiger charge is -2.41. The third-order valence-electron chi connectivity index (χ3n) is 5.10. The van der Waals surface area contributed by atoms with Crippen molar-refractivity contribution in [1.82, 2.24) is 19.5 Å². The molecule has 10 nitrogen and oxygen atoms in total. The van der Waals surface area contributed by atoms with Crippen molar-refractivity contribution in [3.8, 4) is 0 Å². The molecule has 2 heterocycles. The summed E-state index contributed by atoms with van der Waals surface area (Å²) in [6, 6.07) is 11.3. The van der Waals surface area contributed by atoms with Crippen molar-refractivity contribution < 1.29 is 27.5 Å². The van der Waals surface area contributed by atoms with Crippen LogP contribution in [0.3, 0.4) is 0 Å². The number of benzene rings is 1. The summed E-state index contributed by atoms with van der Waals surface area (Å²) in [5, 5.41) is -0.168. The van der Waals surface area contributed by atoms with Gasteiger partial charge in [-0.05, 0) is 38.5 Å². The molecule has 1 N–H and O–H groups in total. The Morgan fingerprint density at radius 1 is 1.11 bits per heavy atom. The van der Waals surface area contributed by atoms with Crippen LogP contribution in [0.4, 0.5) is 9.59 Å². The summed E-state index contributed by atoms with van der Waals surface area (Å²) in [7, 11) is -4.02. The SMILES string of the molecule is CC(C)(C)OC(=O)N1CCN(C(=O)OCc2ccccc2)CC1CNS(=O)(=O)c1cccnc1Cl. The topological polar surface area (TPSA) is 118 Å². The maximum atomic E-state index is 12.8. The van der Waals surface area contributed by atoms with E-state index in [4.69, 9.17) is 21.1 Å². The average Bonchev–Trinajstić information content (AvgIpc) is 2.81. The lowest BCUT2D eigenvalue weighted by atomic mass is 10.1. The highest BCUT2D eigenvalue weighted by Crippen LogP contribution is 2.20. The molecular weight excluding hydrogens is 496 g/mol. The average molecular weight is 525 g/mol. The van der Waals surface area contributed by atoms with Crippen molar-refractivity contribution in [2.24, 2.45) is 0 Å². The van der Waals surface area contributed by atoms with Crippen LogP contribution in [0, 0.1) is 0 Å². The number of aromatic nitrogens is 1. The zero-order valence-corrected chi connectivity index (χ0v) is 21.4. The van der Waals surface area contributed by atoms with E-state index < -0.39 is 33.9 Å². The van der Waals surface area contributed by atoms with Crippen molar-refractivity contribution in [2.45, 2.75) is 43.9 Å². The third kappa shape index (κ3) is 7.55. The van der Waals surface area contributed by atoms with Crippen LogP contribution in [0.5, 0.6) is 0 Å². The minimum absolute atomic E-state index is 0.0517. The van der Waals surface area contributed by atoms with Crippen molar-refractivity contribution >= 4 is 33.8 Å². The van der Waals surface area contributed by atoms with Gasteiger partial charge in [-0.2, -0.15) is 0 Å². The summed E-state index contributed by atoms with van der Waals surface area (Å²) < 4.78 is 39.0. The second-order valence-electron chi connectivity index (χ2n) is 8.96. The summed E-state index contributed by atoms with van der Waals surface area (Å²) in [5.41, 5.74) is 0.0988. The molecule has 1 fully saturated rings. The van der Waals surface area contributed by atoms with Crippen LogP contribution in [-0.4, -0.2) is 73.2 Å². The largest absolute Gasteiger partial charge is 0.445 e. The van der Waals surface area contributed by atoms with Crippen LogP contribution < -0.4 is 4.72 Å². The molecule has 1 atom stereocenters. The molecule has 2 aromatic rings. The molecule has 0 spiro atoms. The predicted octanol–water partition coefficient (Wildman–Crippen LogP) is 3.27. The quantitative estimate of drug-likeness (QED) is 0.576. The second kappa shape index (κ2) is 11.2. The first-order valence-electron chi connectivity index (χ1n) is 11.0. The number of nitrogens with zero attached hydrogens (tertiary/aromatic N) is 3. The molecule has 12 heteroatoms. The van der Waals surface area contributed by atoms with Gasteiger partial charge in [-0.3, -0.25) is 0 Å². The Bertz CT molecular complexity index is 1140. The number of sulfonamides is 1. The van der Waals surface area contributed by atoms with Crippen molar-refractivity contribution in [3.63, 3.8) is 0 Å². The minimum atomic E-state index is -4.02. The van der Waals surface area contributed by atoms with Gasteiger partial charge in [0.25, 0.3) is 0 Å². The molecule has 1 unspecified atom stereocenters. The monoisotopic (exact) mass is 524 g/mol. The number of hydrogen-bond donors (Lipinski definition) is 1. The van der Waals surface area contributed by atoms with E-state index in [1.54, 1.807) is 20.8 Å². The van der Waals surface area contributed by atoms with E-state index in [-0.39, 0.29) is 42.8 Å². The van der Waals surface area contributed by atoms with E-state index in [9.17, 15) is 18.0 Å². The first-order valence-corrected chi connectivity index (χ1v) is 12.9. The van der Waals surface area contributed by atoms with Crippen LogP contribution in [0.2, 0.25) is 5.15 Å². The highest BCUT2D eigenvalue weighted by molar-refractivity contribution is 7.89. The van der Waals surface area contributed by atoms with Crippen molar-refractivity contribution in [3.05, 3.63) is 59.4 Å². The minimum Gasteiger partial charge on any atom is -0.445 e. The first-order chi connectivity index (χ1) is 16.5. The van der Waals surface area contributed by atoms with Gasteiger partial charge in [0, 0.05) is 32.4 Å². The summed E-state index contributed by atoms with van der Waals surface area (Å²) in [6.45, 7) is 5.56. The molecule has 3 rings (SSSR count). The van der Waals surface area contributed by atoms with Crippen LogP contribution in [0.25, 0.3) is 0 Å². The fourth-order valence-electron chi connectivity index (χ4n) is 3.42. The van der Waals surface area contributed by atoms with Crippen LogP contribution >= 0.6 is 11.6 Å². The number of halogens is 1. The molecule has 0 radical (unpaired) electrons. The molecule has 1 aromatic heterocycles. The van der Waals surface area contributed by atoms with E-state index in [0.29, 0.717) is 0 Å². The molecule has 1 saturated heterocycles. The maximum Gasteiger partial charge on any atom is 0.410 e. The van der Waals surface area contributed by atoms with Crippen LogP contribution in [0.1, 0.15) is 26.3 Å². The number of pyridine rings is 1. The van der Waals surface area contributed by atoms with Gasteiger partial charge < -0.3 is 19.3 Å². The number of carbonyl (C=O) groups excluding carboxylic acids is 2. The standard InChI is InChI=1S/C23H29ClN4O6S/c1-23(2,3)34-22(30)28-13-12-27(21(29)33-16-17-8-5-4-6-9-17)15-18(28)14-26-35(31,32)19-10-7-11-25-20(19)24/h4-11,18,26H,12-16H2,1-3H3. The van der Waals surface area contributed by atoms with Gasteiger partial charge in [0.15, 0.2) is 0 Å². The number of rotatable bonds is 6. The summed E-state index contributed by atoms with van der Waals surface area (Å²) in [6.07, 6.45) is 0.227. The highest BCUT2D eigenvalue weighted by Gasteiger charge is 2.36. The van der Waals surface area contributed by atoms with Crippen molar-refractivity contribution in [1.29, 1.82) is 0 Å². The van der Waals surface area contributed by atoms with E-state index in [0.717, 1.165) is 5.56 Å². The summed E-state index contributed by atoms with van der Waals surface area (Å²) in [4.78, 5) is 32.0. The smallest absolute Gasteiger partial charge is 0.410 e. The molecular formula is C23H29ClN4O6S. The Labute approximate surface area is 210 Å². The van der Waals surface area contributed by atoms with Gasteiger partial charge in [0.2, 0.25) is 10.0 Å². The second-order valence-corrected chi connectivity index (χ2v) is 11.1. The van der Waals surface area contributed by atoms with Gasteiger partial charge in [-0.1, -0.05) is 41.9 Å². The van der Waals surface area contributed by atoms with Gasteiger partial charge in [-0.25, -0.2) is 27.7 Å². The fourth-order valence-corrected chi connectivity index (χ4v) is 4.95. The van der Waals surface area contributed by atoms with Gasteiger partial charge in [0.05, 0.1) is 6.04 Å². The molecule has 35 heavy (non-hydrogen) atoms. The summed E-state index contributed by atoms with van der Waals surface area (Å²) in [5.74, 6) is 0. The molecule has 0 bridgehead atoms. The molecule has 0 saturated carbocycles. The molecule has 190 valence electrons. The molecule has 2 amide bonds. The maximum absolute atomic E-state index is 12.8. The highest BCUT2D eigenvalue weighted by atomic mass is 35.5. The lowest BCUT2D eigenvalue weighted by molar-refractivity contribution is -0.00228. The normalized spacial score (nSPS) is 16.6. The van der Waals surface area contributed by atoms with Gasteiger partial charge in [-0.15, -0.1) is 0 Å². The third-order valence-corrected chi connectivity index (χ3v) is 6.97. The Morgan fingerprint density at radius 2 is 1.83 bits per heavy atom. The van der Waals surface area contributed by atoms with E-state index in [2.05, 4.69) is 9.71 Å². The van der Waals surface area contributed by atoms with E-state index in [1.165, 1.54) is 28.1 Å². The fraction of sp³-hybridized carbons (Fsp3) is 0.435. The lowest BCUT2D eigenvalue weighted by Crippen LogP contribution is -2.60. The first kappa shape index (κ1) is 26.7. The van der Waals surface area contributed by atoms with Gasteiger partial charge >= 0.3 is 12.2 Å². The number of carbonyl (C=O) groups is 2.